The van der Waals surface area contributed by atoms with Crippen LogP contribution in [0.1, 0.15) is 114 Å². The summed E-state index contributed by atoms with van der Waals surface area (Å²) in [6, 6.07) is 28.7. The summed E-state index contributed by atoms with van der Waals surface area (Å²) in [5.41, 5.74) is 10.8. The second kappa shape index (κ2) is 16.0. The molecule has 6 aromatic rings. The average molecular weight is 872 g/mol. The van der Waals surface area contributed by atoms with Crippen LogP contribution in [0.2, 0.25) is 0 Å². The monoisotopic (exact) mass is 871 g/mol. The number of ether oxygens (including phenoxy) is 1. The van der Waals surface area contributed by atoms with Gasteiger partial charge >= 0.3 is 21.1 Å². The normalized spacial score (nSPS) is 17.5. The third-order valence-electron chi connectivity index (χ3n) is 10.7. The molecule has 0 amide bonds. The van der Waals surface area contributed by atoms with E-state index in [1.807, 2.05) is 12.3 Å². The molecule has 0 radical (unpaired) electrons. The summed E-state index contributed by atoms with van der Waals surface area (Å²) in [6.45, 7) is 18.2. The van der Waals surface area contributed by atoms with Crippen molar-refractivity contribution in [2.75, 3.05) is 0 Å². The Kier molecular flexibility index (Phi) is 11.6. The average Bonchev–Trinajstić information content (AvgIpc) is 3.60. The van der Waals surface area contributed by atoms with E-state index in [1.165, 1.54) is 39.8 Å². The predicted molar refractivity (Wildman–Crippen MR) is 211 cm³/mol. The van der Waals surface area contributed by atoms with Crippen LogP contribution in [0.4, 0.5) is 0 Å². The molecular weight excluding hydrogens is 820 g/mol. The Labute approximate surface area is 324 Å². The molecule has 5 nitrogen and oxygen atoms in total. The largest absolute Gasteiger partial charge is 2.00 e. The summed E-state index contributed by atoms with van der Waals surface area (Å²) >= 11 is 0. The van der Waals surface area contributed by atoms with Crippen molar-refractivity contribution in [2.45, 2.75) is 106 Å². The summed E-state index contributed by atoms with van der Waals surface area (Å²) in [7, 11) is 0. The van der Waals surface area contributed by atoms with Gasteiger partial charge in [-0.3, -0.25) is 4.68 Å². The standard InChI is InChI=1S/C46H52N4O.Pt/c1-9-11-16-42-46(45-31(6)22-30(5)23-32(45)7)33(8)48-50(42)36-25-35(29(3)4)26-38(27-36)51-37-18-19-40-39-15-12-13-17-41(39)49(43(40)28-37)44-24-34(14-10-2)20-21-47-44;/h12-13,15,17-22,24-26,29-30,32,45H,9-11,14,16,23H2,1-8H3;/q-2;+2/t30-,32-,45?;/m0./s1. The number of pyridine rings is 1. The first-order chi connectivity index (χ1) is 24.7. The number of unbranched alkanes of at least 4 members (excludes halogenated alkanes) is 1. The Balaban J connectivity index is 0.00000464. The summed E-state index contributed by atoms with van der Waals surface area (Å²) < 4.78 is 11.1. The molecule has 0 aliphatic heterocycles. The number of benzene rings is 3. The molecule has 3 aromatic carbocycles. The van der Waals surface area contributed by atoms with Gasteiger partial charge in [0.05, 0.1) is 5.69 Å². The van der Waals surface area contributed by atoms with Crippen LogP contribution in [0.15, 0.2) is 78.5 Å². The number of hydrogen-bond donors (Lipinski definition) is 0. The fourth-order valence-corrected chi connectivity index (χ4v) is 8.45. The van der Waals surface area contributed by atoms with Gasteiger partial charge in [-0.1, -0.05) is 89.7 Å². The zero-order valence-electron chi connectivity index (χ0n) is 32.0. The molecule has 3 heterocycles. The van der Waals surface area contributed by atoms with Crippen LogP contribution >= 0.6 is 0 Å². The van der Waals surface area contributed by atoms with Crippen molar-refractivity contribution in [1.29, 1.82) is 0 Å². The van der Waals surface area contributed by atoms with E-state index in [4.69, 9.17) is 14.8 Å². The SMILES string of the molecule is CCCCc1c(C2C(C)=C[C@H](C)C[C@@H]2C)c(C)nn1-c1[c-]c(Oc2[c-]c3c(cc2)c2ccccc2n3-c2cc(CCC)ccn2)cc(C(C)C)c1.[Pt+2]. The summed E-state index contributed by atoms with van der Waals surface area (Å²) in [6.07, 6.45) is 10.9. The molecule has 1 aliphatic rings. The van der Waals surface area contributed by atoms with E-state index in [2.05, 4.69) is 137 Å². The van der Waals surface area contributed by atoms with E-state index in [0.29, 0.717) is 35.2 Å². The first-order valence-corrected chi connectivity index (χ1v) is 19.1. The molecule has 0 N–H and O–H groups in total. The van der Waals surface area contributed by atoms with Gasteiger partial charge in [-0.2, -0.15) is 11.2 Å². The Morgan fingerprint density at radius 3 is 2.46 bits per heavy atom. The second-order valence-corrected chi connectivity index (χ2v) is 15.2. The Bertz CT molecular complexity index is 2220. The van der Waals surface area contributed by atoms with Gasteiger partial charge in [0, 0.05) is 40.4 Å². The van der Waals surface area contributed by atoms with Gasteiger partial charge in [-0.15, -0.1) is 41.3 Å². The van der Waals surface area contributed by atoms with Crippen molar-refractivity contribution >= 4 is 21.8 Å². The van der Waals surface area contributed by atoms with Gasteiger partial charge in [0.2, 0.25) is 0 Å². The minimum atomic E-state index is 0. The molecule has 6 heteroatoms. The number of hydrogen-bond acceptors (Lipinski definition) is 3. The Hall–Kier alpha value is -3.95. The molecule has 0 spiro atoms. The third kappa shape index (κ3) is 7.31. The van der Waals surface area contributed by atoms with Crippen LogP contribution in [-0.2, 0) is 33.9 Å². The topological polar surface area (TPSA) is 44.9 Å². The van der Waals surface area contributed by atoms with E-state index in [9.17, 15) is 0 Å². The molecule has 0 saturated carbocycles. The van der Waals surface area contributed by atoms with Crippen molar-refractivity contribution in [2.24, 2.45) is 11.8 Å². The van der Waals surface area contributed by atoms with Gasteiger partial charge in [-0.25, -0.2) is 4.98 Å². The van der Waals surface area contributed by atoms with E-state index in [0.717, 1.165) is 65.7 Å². The number of rotatable bonds is 11. The molecular formula is C46H52N4OPt. The number of fused-ring (bicyclic) bond motifs is 3. The molecule has 0 fully saturated rings. The van der Waals surface area contributed by atoms with Crippen LogP contribution in [-0.4, -0.2) is 19.3 Å². The number of allylic oxidation sites excluding steroid dienone is 2. The van der Waals surface area contributed by atoms with Crippen molar-refractivity contribution in [3.63, 3.8) is 0 Å². The minimum absolute atomic E-state index is 0. The number of aryl methyl sites for hydroxylation is 2. The van der Waals surface area contributed by atoms with E-state index in [1.54, 1.807) is 0 Å². The number of aromatic nitrogens is 4. The Morgan fingerprint density at radius 1 is 0.904 bits per heavy atom. The molecule has 272 valence electrons. The summed E-state index contributed by atoms with van der Waals surface area (Å²) in [5, 5.41) is 7.55. The van der Waals surface area contributed by atoms with E-state index < -0.39 is 0 Å². The van der Waals surface area contributed by atoms with Crippen molar-refractivity contribution < 1.29 is 25.8 Å². The van der Waals surface area contributed by atoms with Gasteiger partial charge < -0.3 is 9.30 Å². The minimum Gasteiger partial charge on any atom is -0.509 e. The fourth-order valence-electron chi connectivity index (χ4n) is 8.45. The Morgan fingerprint density at radius 2 is 1.71 bits per heavy atom. The van der Waals surface area contributed by atoms with Crippen LogP contribution < -0.4 is 4.74 Å². The summed E-state index contributed by atoms with van der Waals surface area (Å²) in [4.78, 5) is 4.82. The van der Waals surface area contributed by atoms with Gasteiger partial charge in [-0.05, 0) is 92.1 Å². The predicted octanol–water partition coefficient (Wildman–Crippen LogP) is 12.2. The zero-order valence-corrected chi connectivity index (χ0v) is 34.3. The van der Waals surface area contributed by atoms with Gasteiger partial charge in [0.25, 0.3) is 0 Å². The van der Waals surface area contributed by atoms with Crippen molar-refractivity contribution in [3.8, 4) is 23.0 Å². The van der Waals surface area contributed by atoms with E-state index >= 15 is 0 Å². The van der Waals surface area contributed by atoms with Crippen LogP contribution in [0.25, 0.3) is 33.3 Å². The maximum atomic E-state index is 6.71. The summed E-state index contributed by atoms with van der Waals surface area (Å²) in [5.74, 6) is 4.08. The molecule has 7 rings (SSSR count). The molecule has 3 atom stereocenters. The van der Waals surface area contributed by atoms with Crippen LogP contribution in [0.5, 0.6) is 11.5 Å². The van der Waals surface area contributed by atoms with Crippen LogP contribution in [0.3, 0.4) is 0 Å². The quantitative estimate of drug-likeness (QED) is 0.0962. The number of para-hydroxylation sites is 1. The van der Waals surface area contributed by atoms with Gasteiger partial charge in [0.15, 0.2) is 0 Å². The smallest absolute Gasteiger partial charge is 0.509 e. The van der Waals surface area contributed by atoms with Gasteiger partial charge in [0.1, 0.15) is 5.82 Å². The zero-order chi connectivity index (χ0) is 35.8. The van der Waals surface area contributed by atoms with E-state index in [-0.39, 0.29) is 21.1 Å². The molecule has 1 unspecified atom stereocenters. The second-order valence-electron chi connectivity index (χ2n) is 15.2. The van der Waals surface area contributed by atoms with Crippen molar-refractivity contribution in [1.82, 2.24) is 19.3 Å². The molecule has 1 aliphatic carbocycles. The molecule has 52 heavy (non-hydrogen) atoms. The first kappa shape index (κ1) is 37.8. The maximum absolute atomic E-state index is 6.71. The first-order valence-electron chi connectivity index (χ1n) is 19.1. The van der Waals surface area contributed by atoms with Crippen LogP contribution in [0, 0.1) is 30.9 Å². The fraction of sp³-hybridized carbons (Fsp3) is 0.391. The third-order valence-corrected chi connectivity index (χ3v) is 10.7. The molecule has 0 saturated heterocycles. The molecule has 3 aromatic heterocycles. The number of nitrogens with zero attached hydrogens (tertiary/aromatic N) is 4. The maximum Gasteiger partial charge on any atom is 2.00 e. The van der Waals surface area contributed by atoms with Crippen molar-refractivity contribution in [3.05, 3.63) is 119 Å². The molecule has 0 bridgehead atoms.